The van der Waals surface area contributed by atoms with E-state index in [9.17, 15) is 14.9 Å². The number of hydrogen-bond donors (Lipinski definition) is 1. The van der Waals surface area contributed by atoms with Gasteiger partial charge >= 0.3 is 5.82 Å². The van der Waals surface area contributed by atoms with E-state index in [2.05, 4.69) is 17.2 Å². The van der Waals surface area contributed by atoms with Crippen LogP contribution in [0.5, 0.6) is 5.75 Å². The number of aromatic nitrogens is 1. The summed E-state index contributed by atoms with van der Waals surface area (Å²) in [5, 5.41) is 13.6. The van der Waals surface area contributed by atoms with Crippen molar-refractivity contribution in [2.24, 2.45) is 0 Å². The molecule has 0 aliphatic heterocycles. The summed E-state index contributed by atoms with van der Waals surface area (Å²) in [6.45, 7) is 3.84. The second-order valence-electron chi connectivity index (χ2n) is 5.19. The molecule has 1 atom stereocenters. The summed E-state index contributed by atoms with van der Waals surface area (Å²) in [4.78, 5) is 25.5. The minimum absolute atomic E-state index is 0.00162. The molecule has 0 spiro atoms. The van der Waals surface area contributed by atoms with Gasteiger partial charge in [-0.3, -0.25) is 4.79 Å². The molecule has 1 amide bonds. The third-order valence-electron chi connectivity index (χ3n) is 3.18. The van der Waals surface area contributed by atoms with Gasteiger partial charge in [-0.15, -0.1) is 0 Å². The van der Waals surface area contributed by atoms with Crippen molar-refractivity contribution in [1.29, 1.82) is 0 Å². The molecule has 122 valence electrons. The van der Waals surface area contributed by atoms with Crippen molar-refractivity contribution in [3.63, 3.8) is 0 Å². The van der Waals surface area contributed by atoms with Gasteiger partial charge in [0.05, 0.1) is 0 Å². The van der Waals surface area contributed by atoms with Gasteiger partial charge in [0.2, 0.25) is 5.75 Å². The van der Waals surface area contributed by atoms with Crippen molar-refractivity contribution in [3.05, 3.63) is 28.4 Å². The van der Waals surface area contributed by atoms with E-state index in [-0.39, 0.29) is 30.1 Å². The maximum atomic E-state index is 11.8. The van der Waals surface area contributed by atoms with Crippen LogP contribution in [0.1, 0.15) is 46.0 Å². The monoisotopic (exact) mass is 309 g/mol. The Labute approximate surface area is 130 Å². The molecule has 7 heteroatoms. The topological polar surface area (TPSA) is 94.4 Å². The molecule has 0 fully saturated rings. The highest BCUT2D eigenvalue weighted by Crippen LogP contribution is 2.22. The Bertz CT molecular complexity index is 493. The van der Waals surface area contributed by atoms with E-state index in [1.165, 1.54) is 31.2 Å². The summed E-state index contributed by atoms with van der Waals surface area (Å²) in [5.74, 6) is -0.678. The van der Waals surface area contributed by atoms with Gasteiger partial charge in [-0.25, -0.2) is 0 Å². The molecule has 0 radical (unpaired) electrons. The average molecular weight is 309 g/mol. The number of amides is 1. The number of unbranched alkanes of at least 4 members (excludes halogenated alkanes) is 3. The van der Waals surface area contributed by atoms with Crippen LogP contribution in [0.4, 0.5) is 5.82 Å². The molecular formula is C15H23N3O4. The Kier molecular flexibility index (Phi) is 7.88. The third-order valence-corrected chi connectivity index (χ3v) is 3.18. The smallest absolute Gasteiger partial charge is 0.406 e. The molecule has 0 saturated heterocycles. The molecule has 1 aromatic heterocycles. The fourth-order valence-electron chi connectivity index (χ4n) is 2.04. The molecule has 22 heavy (non-hydrogen) atoms. The van der Waals surface area contributed by atoms with Crippen LogP contribution in [-0.2, 0) is 4.79 Å². The first-order valence-electron chi connectivity index (χ1n) is 7.56. The summed E-state index contributed by atoms with van der Waals surface area (Å²) >= 11 is 0. The summed E-state index contributed by atoms with van der Waals surface area (Å²) < 4.78 is 5.19. The van der Waals surface area contributed by atoms with Gasteiger partial charge in [-0.05, 0) is 35.4 Å². The molecule has 1 rings (SSSR count). The summed E-state index contributed by atoms with van der Waals surface area (Å²) in [5.41, 5.74) is 0. The SMILES string of the molecule is CCCCCC[C@H](C)NC(=O)COc1cccnc1[N+](=O)[O-]. The molecule has 0 aliphatic carbocycles. The first-order valence-corrected chi connectivity index (χ1v) is 7.56. The van der Waals surface area contributed by atoms with Gasteiger partial charge < -0.3 is 20.2 Å². The van der Waals surface area contributed by atoms with Gasteiger partial charge in [-0.1, -0.05) is 32.6 Å². The highest BCUT2D eigenvalue weighted by molar-refractivity contribution is 5.77. The molecule has 0 saturated carbocycles. The predicted octanol–water partition coefficient (Wildman–Crippen LogP) is 2.84. The van der Waals surface area contributed by atoms with Crippen LogP contribution in [0.15, 0.2) is 18.3 Å². The highest BCUT2D eigenvalue weighted by atomic mass is 16.6. The lowest BCUT2D eigenvalue weighted by Gasteiger charge is -2.14. The fraction of sp³-hybridized carbons (Fsp3) is 0.600. The molecule has 0 aromatic carbocycles. The van der Waals surface area contributed by atoms with Crippen LogP contribution < -0.4 is 10.1 Å². The molecule has 0 aliphatic rings. The van der Waals surface area contributed by atoms with Gasteiger partial charge in [0.1, 0.15) is 6.20 Å². The zero-order chi connectivity index (χ0) is 16.4. The Morgan fingerprint density at radius 3 is 2.91 bits per heavy atom. The Balaban J connectivity index is 2.35. The normalized spacial score (nSPS) is 11.7. The van der Waals surface area contributed by atoms with Crippen LogP contribution >= 0.6 is 0 Å². The Morgan fingerprint density at radius 1 is 1.45 bits per heavy atom. The first kappa shape index (κ1) is 17.9. The van der Waals surface area contributed by atoms with E-state index in [4.69, 9.17) is 4.74 Å². The lowest BCUT2D eigenvalue weighted by Crippen LogP contribution is -2.36. The van der Waals surface area contributed by atoms with Crippen molar-refractivity contribution in [3.8, 4) is 5.75 Å². The van der Waals surface area contributed by atoms with Crippen LogP contribution in [0.25, 0.3) is 0 Å². The number of nitro groups is 1. The number of ether oxygens (including phenoxy) is 1. The van der Waals surface area contributed by atoms with Gasteiger partial charge in [-0.2, -0.15) is 0 Å². The summed E-state index contributed by atoms with van der Waals surface area (Å²) in [6, 6.07) is 3.01. The van der Waals surface area contributed by atoms with E-state index in [1.54, 1.807) is 0 Å². The van der Waals surface area contributed by atoms with E-state index in [0.29, 0.717) is 0 Å². The fourth-order valence-corrected chi connectivity index (χ4v) is 2.04. The second-order valence-corrected chi connectivity index (χ2v) is 5.19. The lowest BCUT2D eigenvalue weighted by atomic mass is 10.1. The zero-order valence-electron chi connectivity index (χ0n) is 13.1. The number of hydrogen-bond acceptors (Lipinski definition) is 5. The standard InChI is InChI=1S/C15H23N3O4/c1-3-4-5-6-8-12(2)17-14(19)11-22-13-9-7-10-16-15(13)18(20)21/h7,9-10,12H,3-6,8,11H2,1-2H3,(H,17,19)/t12-/m0/s1. The van der Waals surface area contributed by atoms with E-state index in [0.717, 1.165) is 19.3 Å². The minimum Gasteiger partial charge on any atom is -0.476 e. The quantitative estimate of drug-likeness (QED) is 0.407. The van der Waals surface area contributed by atoms with Crippen molar-refractivity contribution >= 4 is 11.7 Å². The van der Waals surface area contributed by atoms with Crippen molar-refractivity contribution in [1.82, 2.24) is 10.3 Å². The van der Waals surface area contributed by atoms with Crippen molar-refractivity contribution < 1.29 is 14.5 Å². The van der Waals surface area contributed by atoms with E-state index < -0.39 is 4.92 Å². The van der Waals surface area contributed by atoms with Crippen molar-refractivity contribution in [2.45, 2.75) is 52.0 Å². The Morgan fingerprint density at radius 2 is 2.23 bits per heavy atom. The van der Waals surface area contributed by atoms with Crippen LogP contribution in [0.2, 0.25) is 0 Å². The predicted molar refractivity (Wildman–Crippen MR) is 82.8 cm³/mol. The third kappa shape index (κ3) is 6.51. The van der Waals surface area contributed by atoms with E-state index in [1.807, 2.05) is 6.92 Å². The number of carbonyl (C=O) groups is 1. The second kappa shape index (κ2) is 9.70. The average Bonchev–Trinajstić information content (AvgIpc) is 2.49. The Hall–Kier alpha value is -2.18. The first-order chi connectivity index (χ1) is 10.5. The molecular weight excluding hydrogens is 286 g/mol. The summed E-state index contributed by atoms with van der Waals surface area (Å²) in [6.07, 6.45) is 6.84. The lowest BCUT2D eigenvalue weighted by molar-refractivity contribution is -0.390. The maximum Gasteiger partial charge on any atom is 0.406 e. The van der Waals surface area contributed by atoms with Gasteiger partial charge in [0, 0.05) is 6.04 Å². The highest BCUT2D eigenvalue weighted by Gasteiger charge is 2.17. The number of pyridine rings is 1. The van der Waals surface area contributed by atoms with Crippen LogP contribution in [0, 0.1) is 10.1 Å². The molecule has 0 unspecified atom stereocenters. The number of rotatable bonds is 10. The van der Waals surface area contributed by atoms with Crippen molar-refractivity contribution in [2.75, 3.05) is 6.61 Å². The molecule has 7 nitrogen and oxygen atoms in total. The van der Waals surface area contributed by atoms with Gasteiger partial charge in [0.25, 0.3) is 5.91 Å². The minimum atomic E-state index is -0.635. The molecule has 1 heterocycles. The van der Waals surface area contributed by atoms with Crippen LogP contribution in [0.3, 0.4) is 0 Å². The van der Waals surface area contributed by atoms with Gasteiger partial charge in [0.15, 0.2) is 6.61 Å². The largest absolute Gasteiger partial charge is 0.476 e. The molecule has 0 bridgehead atoms. The summed E-state index contributed by atoms with van der Waals surface area (Å²) in [7, 11) is 0. The molecule has 1 aromatic rings. The number of nitrogens with one attached hydrogen (secondary N) is 1. The maximum absolute atomic E-state index is 11.8. The van der Waals surface area contributed by atoms with E-state index >= 15 is 0 Å². The number of carbonyl (C=O) groups excluding carboxylic acids is 1. The number of nitrogens with zero attached hydrogens (tertiary/aromatic N) is 2. The molecule has 1 N–H and O–H groups in total. The van der Waals surface area contributed by atoms with Crippen LogP contribution in [-0.4, -0.2) is 28.5 Å². The zero-order valence-corrected chi connectivity index (χ0v) is 13.1.